The zero-order valence-electron chi connectivity index (χ0n) is 13.8. The molecule has 0 saturated carbocycles. The van der Waals surface area contributed by atoms with Crippen molar-refractivity contribution in [2.45, 2.75) is 43.8 Å². The first kappa shape index (κ1) is 18.8. The summed E-state index contributed by atoms with van der Waals surface area (Å²) in [5, 5.41) is 63.4. The summed E-state index contributed by atoms with van der Waals surface area (Å²) in [4.78, 5) is 0. The highest BCUT2D eigenvalue weighted by molar-refractivity contribution is 6.32. The Bertz CT molecular complexity index is 857. The Balaban J connectivity index is 1.97. The number of nitrogens with zero attached hydrogens (tertiary/aromatic N) is 7. The molecule has 1 aliphatic rings. The molecule has 2 aromatic heterocycles. The van der Waals surface area contributed by atoms with Crippen LogP contribution in [0.3, 0.4) is 0 Å². The van der Waals surface area contributed by atoms with Gasteiger partial charge in [0.25, 0.3) is 0 Å². The lowest BCUT2D eigenvalue weighted by Crippen LogP contribution is -2.47. The van der Waals surface area contributed by atoms with E-state index in [-0.39, 0.29) is 5.15 Å². The van der Waals surface area contributed by atoms with Crippen LogP contribution < -0.4 is 0 Å². The van der Waals surface area contributed by atoms with Crippen molar-refractivity contribution in [3.63, 3.8) is 0 Å². The molecule has 4 atom stereocenters. The molecule has 0 amide bonds. The predicted molar refractivity (Wildman–Crippen MR) is 87.1 cm³/mol. The largest absolute Gasteiger partial charge is 0.406 e. The van der Waals surface area contributed by atoms with Crippen LogP contribution in [0.1, 0.15) is 19.4 Å². The molecule has 0 unspecified atom stereocenters. The van der Waals surface area contributed by atoms with Gasteiger partial charge in [-0.05, 0) is 16.1 Å². The van der Waals surface area contributed by atoms with E-state index in [1.165, 1.54) is 4.68 Å². The standard InChI is InChI=1S/C13H18ClN7O5/c1-13(2)7-8(11(14)17-21-12(7)15-18-19-21)16-20(13)3-5(23)9(25)10(26)6(24)4-22/h3,5-6,9-10,22-26H,4H2,1-2H3/b20-3+/t5-,6+,9+,10-/m0/s1. The molecule has 142 valence electrons. The van der Waals surface area contributed by atoms with Crippen molar-refractivity contribution in [3.8, 4) is 0 Å². The van der Waals surface area contributed by atoms with Gasteiger partial charge >= 0.3 is 0 Å². The van der Waals surface area contributed by atoms with Gasteiger partial charge in [0.1, 0.15) is 23.5 Å². The van der Waals surface area contributed by atoms with E-state index in [1.807, 2.05) is 0 Å². The van der Waals surface area contributed by atoms with Crippen LogP contribution in [0.2, 0.25) is 5.15 Å². The molecule has 26 heavy (non-hydrogen) atoms. The third-order valence-corrected chi connectivity index (χ3v) is 4.51. The van der Waals surface area contributed by atoms with Crippen LogP contribution in [0.5, 0.6) is 0 Å². The van der Waals surface area contributed by atoms with Gasteiger partial charge in [-0.25, -0.2) is 0 Å². The SMILES string of the molecule is CC1(C)c2c(c(Cl)nn3nnnc23)[N-]/[N+]1=C/[C@H](O)[C@@H](O)[C@@H](O)[C@H](O)CO. The number of fused-ring (bicyclic) bond motifs is 3. The lowest BCUT2D eigenvalue weighted by atomic mass is 9.96. The second-order valence-corrected chi connectivity index (χ2v) is 6.74. The zero-order chi connectivity index (χ0) is 19.2. The third kappa shape index (κ3) is 2.90. The molecule has 2 aromatic rings. The Kier molecular flexibility index (Phi) is 4.81. The number of aliphatic hydroxyl groups is 5. The van der Waals surface area contributed by atoms with E-state index in [2.05, 4.69) is 26.0 Å². The highest BCUT2D eigenvalue weighted by Gasteiger charge is 2.42. The normalized spacial score (nSPS) is 22.1. The number of hydrogen-bond acceptors (Lipinski definition) is 9. The van der Waals surface area contributed by atoms with Crippen molar-refractivity contribution in [1.29, 1.82) is 0 Å². The number of aliphatic hydroxyl groups excluding tert-OH is 5. The van der Waals surface area contributed by atoms with Crippen molar-refractivity contribution in [2.24, 2.45) is 0 Å². The molecule has 0 fully saturated rings. The van der Waals surface area contributed by atoms with E-state index in [9.17, 15) is 20.4 Å². The zero-order valence-corrected chi connectivity index (χ0v) is 14.6. The van der Waals surface area contributed by atoms with Gasteiger partial charge in [0.15, 0.2) is 17.9 Å². The minimum atomic E-state index is -1.75. The van der Waals surface area contributed by atoms with Gasteiger partial charge in [0, 0.05) is 13.8 Å². The van der Waals surface area contributed by atoms with Gasteiger partial charge in [-0.2, -0.15) is 0 Å². The van der Waals surface area contributed by atoms with Crippen molar-refractivity contribution < 1.29 is 30.2 Å². The van der Waals surface area contributed by atoms with E-state index in [4.69, 9.17) is 16.7 Å². The number of tetrazole rings is 1. The number of rotatable bonds is 5. The molecule has 0 aromatic carbocycles. The Morgan fingerprint density at radius 2 is 1.96 bits per heavy atom. The third-order valence-electron chi connectivity index (χ3n) is 4.26. The van der Waals surface area contributed by atoms with Crippen LogP contribution in [0, 0.1) is 0 Å². The fourth-order valence-electron chi connectivity index (χ4n) is 2.73. The first-order valence-corrected chi connectivity index (χ1v) is 8.03. The van der Waals surface area contributed by atoms with Crippen molar-refractivity contribution in [3.05, 3.63) is 16.1 Å². The molecule has 0 spiro atoms. The molecule has 12 nitrogen and oxygen atoms in total. The number of aromatic nitrogens is 5. The monoisotopic (exact) mass is 387 g/mol. The van der Waals surface area contributed by atoms with E-state index in [1.54, 1.807) is 13.8 Å². The molecule has 13 heteroatoms. The van der Waals surface area contributed by atoms with Crippen molar-refractivity contribution in [1.82, 2.24) is 25.3 Å². The van der Waals surface area contributed by atoms with Crippen molar-refractivity contribution >= 4 is 29.2 Å². The highest BCUT2D eigenvalue weighted by Crippen LogP contribution is 2.48. The van der Waals surface area contributed by atoms with Crippen LogP contribution in [0.25, 0.3) is 11.1 Å². The molecule has 3 rings (SSSR count). The lowest BCUT2D eigenvalue weighted by Gasteiger charge is -2.25. The van der Waals surface area contributed by atoms with Gasteiger partial charge in [-0.1, -0.05) is 11.6 Å². The highest BCUT2D eigenvalue weighted by atomic mass is 35.5. The summed E-state index contributed by atoms with van der Waals surface area (Å²) in [5.74, 6) is 0. The van der Waals surface area contributed by atoms with Gasteiger partial charge in [-0.15, -0.1) is 14.8 Å². The Morgan fingerprint density at radius 1 is 1.27 bits per heavy atom. The average Bonchev–Trinajstić information content (AvgIpc) is 3.15. The van der Waals surface area contributed by atoms with Gasteiger partial charge in [0.05, 0.1) is 12.2 Å². The van der Waals surface area contributed by atoms with Crippen LogP contribution in [0.4, 0.5) is 5.69 Å². The Labute approximate surface area is 151 Å². The number of halogens is 1. The molecule has 0 radical (unpaired) electrons. The van der Waals surface area contributed by atoms with Crippen LogP contribution in [-0.4, -0.2) is 92.7 Å². The van der Waals surface area contributed by atoms with Gasteiger partial charge in [-0.3, -0.25) is 4.68 Å². The molecule has 3 heterocycles. The van der Waals surface area contributed by atoms with E-state index < -0.39 is 36.6 Å². The second-order valence-electron chi connectivity index (χ2n) is 6.38. The maximum Gasteiger partial charge on any atom is 0.209 e. The summed E-state index contributed by atoms with van der Waals surface area (Å²) in [6.07, 6.45) is -5.54. The van der Waals surface area contributed by atoms with Gasteiger partial charge in [0.2, 0.25) is 5.65 Å². The first-order chi connectivity index (χ1) is 12.2. The van der Waals surface area contributed by atoms with E-state index in [0.29, 0.717) is 16.9 Å². The summed E-state index contributed by atoms with van der Waals surface area (Å²) in [6, 6.07) is 0. The quantitative estimate of drug-likeness (QED) is 0.358. The predicted octanol–water partition coefficient (Wildman–Crippen LogP) is -2.14. The van der Waals surface area contributed by atoms with Crippen LogP contribution >= 0.6 is 11.6 Å². The summed E-state index contributed by atoms with van der Waals surface area (Å²) in [6.45, 7) is 2.76. The maximum atomic E-state index is 10.2. The van der Waals surface area contributed by atoms with E-state index >= 15 is 0 Å². The molecular formula is C13H18ClN7O5. The minimum Gasteiger partial charge on any atom is -0.406 e. The Hall–Kier alpha value is -1.96. The molecule has 1 aliphatic heterocycles. The lowest BCUT2D eigenvalue weighted by molar-refractivity contribution is -0.551. The molecule has 0 saturated heterocycles. The fraction of sp³-hybridized carbons (Fsp3) is 0.615. The maximum absolute atomic E-state index is 10.2. The Morgan fingerprint density at radius 3 is 2.62 bits per heavy atom. The van der Waals surface area contributed by atoms with Gasteiger partial charge < -0.3 is 31.0 Å². The van der Waals surface area contributed by atoms with Crippen molar-refractivity contribution in [2.75, 3.05) is 6.61 Å². The van der Waals surface area contributed by atoms with Crippen LogP contribution in [-0.2, 0) is 5.54 Å². The molecular weight excluding hydrogens is 370 g/mol. The summed E-state index contributed by atoms with van der Waals surface area (Å²) in [7, 11) is 0. The smallest absolute Gasteiger partial charge is 0.209 e. The first-order valence-electron chi connectivity index (χ1n) is 7.66. The topological polar surface area (TPSA) is 174 Å². The fourth-order valence-corrected chi connectivity index (χ4v) is 2.94. The minimum absolute atomic E-state index is 0.0505. The second kappa shape index (κ2) is 6.64. The summed E-state index contributed by atoms with van der Waals surface area (Å²) < 4.78 is 2.50. The molecule has 5 N–H and O–H groups in total. The molecule has 0 bridgehead atoms. The van der Waals surface area contributed by atoms with Crippen LogP contribution in [0.15, 0.2) is 0 Å². The van der Waals surface area contributed by atoms with E-state index in [0.717, 1.165) is 10.8 Å². The average molecular weight is 388 g/mol. The number of hydrogen-bond donors (Lipinski definition) is 5. The molecule has 0 aliphatic carbocycles. The summed E-state index contributed by atoms with van der Waals surface area (Å²) >= 11 is 6.13. The summed E-state index contributed by atoms with van der Waals surface area (Å²) in [5.41, 5.74) is 4.64.